The molecule has 2 nitrogen and oxygen atoms in total. The minimum absolute atomic E-state index is 0.489. The van der Waals surface area contributed by atoms with Crippen LogP contribution in [0.25, 0.3) is 11.4 Å². The molecule has 102 valence electrons. The quantitative estimate of drug-likeness (QED) is 0.541. The van der Waals surface area contributed by atoms with E-state index in [2.05, 4.69) is 72.6 Å². The highest BCUT2D eigenvalue weighted by molar-refractivity contribution is 5.52. The second-order valence-corrected chi connectivity index (χ2v) is 5.39. The molecule has 0 aliphatic carbocycles. The lowest BCUT2D eigenvalue weighted by Crippen LogP contribution is -2.35. The molecule has 0 spiro atoms. The van der Waals surface area contributed by atoms with Gasteiger partial charge in [0.05, 0.1) is 18.2 Å². The molecule has 0 saturated carbocycles. The van der Waals surface area contributed by atoms with Crippen LogP contribution >= 0.6 is 0 Å². The normalized spacial score (nSPS) is 11.2. The largest absolute Gasteiger partial charge is 0.289 e. The van der Waals surface area contributed by atoms with Gasteiger partial charge in [0.2, 0.25) is 0 Å². The average Bonchev–Trinajstić information content (AvgIpc) is 2.84. The Morgan fingerprint density at radius 3 is 2.47 bits per heavy atom. The molecule has 19 heavy (non-hydrogen) atoms. The van der Waals surface area contributed by atoms with E-state index in [-0.39, 0.29) is 0 Å². The molecule has 0 fully saturated rings. The summed E-state index contributed by atoms with van der Waals surface area (Å²) in [7, 11) is 0. The molecule has 0 saturated heterocycles. The van der Waals surface area contributed by atoms with Gasteiger partial charge < -0.3 is 0 Å². The fraction of sp³-hybridized carbons (Fsp3) is 0.471. The molecule has 2 heteroatoms. The zero-order valence-corrected chi connectivity index (χ0v) is 12.3. The first kappa shape index (κ1) is 13.9. The Morgan fingerprint density at radius 1 is 1.11 bits per heavy atom. The summed E-state index contributed by atoms with van der Waals surface area (Å²) in [4.78, 5) is 0. The van der Waals surface area contributed by atoms with Crippen LogP contribution in [0.5, 0.6) is 0 Å². The van der Waals surface area contributed by atoms with Crippen molar-refractivity contribution in [3.05, 3.63) is 42.7 Å². The maximum atomic E-state index is 2.39. The van der Waals surface area contributed by atoms with E-state index in [4.69, 9.17) is 0 Å². The molecule has 2 aromatic rings. The van der Waals surface area contributed by atoms with Crippen LogP contribution in [0, 0.1) is 0 Å². The summed E-state index contributed by atoms with van der Waals surface area (Å²) in [6.45, 7) is 7.84. The molecule has 0 unspecified atom stereocenters. The van der Waals surface area contributed by atoms with Crippen LogP contribution in [-0.2, 0) is 6.54 Å². The maximum absolute atomic E-state index is 2.39. The Kier molecular flexibility index (Phi) is 4.78. The molecular weight excluding hydrogens is 232 g/mol. The summed E-state index contributed by atoms with van der Waals surface area (Å²) in [5.74, 6) is 1.33. The Bertz CT molecular complexity index is 497. The number of aromatic nitrogens is 2. The molecule has 1 aromatic heterocycles. The fourth-order valence-corrected chi connectivity index (χ4v) is 2.47. The van der Waals surface area contributed by atoms with E-state index in [1.54, 1.807) is 0 Å². The first-order chi connectivity index (χ1) is 9.24. The van der Waals surface area contributed by atoms with Crippen molar-refractivity contribution in [3.63, 3.8) is 0 Å². The SMILES string of the molecule is CCCCC[n+]1ccn(C(C)C)c1-c1ccccc1. The van der Waals surface area contributed by atoms with Gasteiger partial charge in [-0.3, -0.25) is 0 Å². The van der Waals surface area contributed by atoms with E-state index in [9.17, 15) is 0 Å². The van der Waals surface area contributed by atoms with Crippen LogP contribution in [0.4, 0.5) is 0 Å². The average molecular weight is 257 g/mol. The number of rotatable bonds is 6. The van der Waals surface area contributed by atoms with Gasteiger partial charge in [0.25, 0.3) is 5.82 Å². The molecule has 0 bridgehead atoms. The van der Waals surface area contributed by atoms with Crippen molar-refractivity contribution >= 4 is 0 Å². The fourth-order valence-electron chi connectivity index (χ4n) is 2.47. The van der Waals surface area contributed by atoms with Gasteiger partial charge in [0.15, 0.2) is 0 Å². The topological polar surface area (TPSA) is 8.81 Å². The lowest BCUT2D eigenvalue weighted by atomic mass is 10.2. The second-order valence-electron chi connectivity index (χ2n) is 5.39. The molecule has 2 rings (SSSR count). The van der Waals surface area contributed by atoms with Crippen molar-refractivity contribution in [2.75, 3.05) is 0 Å². The summed E-state index contributed by atoms with van der Waals surface area (Å²) < 4.78 is 4.76. The molecule has 0 atom stereocenters. The number of hydrogen-bond acceptors (Lipinski definition) is 0. The first-order valence-corrected chi connectivity index (χ1v) is 7.39. The third-order valence-electron chi connectivity index (χ3n) is 3.51. The first-order valence-electron chi connectivity index (χ1n) is 7.39. The van der Waals surface area contributed by atoms with Crippen LogP contribution in [0.3, 0.4) is 0 Å². The van der Waals surface area contributed by atoms with Crippen LogP contribution in [-0.4, -0.2) is 4.57 Å². The van der Waals surface area contributed by atoms with Crippen LogP contribution in [0.15, 0.2) is 42.7 Å². The number of aryl methyl sites for hydroxylation is 1. The Balaban J connectivity index is 2.34. The van der Waals surface area contributed by atoms with Gasteiger partial charge in [0, 0.05) is 0 Å². The van der Waals surface area contributed by atoms with E-state index in [0.717, 1.165) is 6.54 Å². The minimum Gasteiger partial charge on any atom is -0.230 e. The van der Waals surface area contributed by atoms with Crippen molar-refractivity contribution in [1.29, 1.82) is 0 Å². The number of imidazole rings is 1. The highest BCUT2D eigenvalue weighted by Gasteiger charge is 2.20. The van der Waals surface area contributed by atoms with Crippen LogP contribution in [0.1, 0.15) is 46.1 Å². The number of hydrogen-bond donors (Lipinski definition) is 0. The molecule has 1 aromatic carbocycles. The highest BCUT2D eigenvalue weighted by Crippen LogP contribution is 2.19. The zero-order valence-electron chi connectivity index (χ0n) is 12.3. The number of benzene rings is 1. The summed E-state index contributed by atoms with van der Waals surface area (Å²) >= 11 is 0. The molecule has 0 N–H and O–H groups in total. The predicted octanol–water partition coefficient (Wildman–Crippen LogP) is 4.21. The molecule has 0 aliphatic rings. The Labute approximate surface area is 116 Å². The third kappa shape index (κ3) is 3.25. The van der Waals surface area contributed by atoms with E-state index in [1.807, 2.05) is 0 Å². The predicted molar refractivity (Wildman–Crippen MR) is 80.0 cm³/mol. The van der Waals surface area contributed by atoms with E-state index >= 15 is 0 Å². The van der Waals surface area contributed by atoms with Crippen LogP contribution in [0.2, 0.25) is 0 Å². The Hall–Kier alpha value is -1.57. The van der Waals surface area contributed by atoms with Crippen LogP contribution < -0.4 is 4.57 Å². The smallest absolute Gasteiger partial charge is 0.230 e. The maximum Gasteiger partial charge on any atom is 0.289 e. The molecule has 0 aliphatic heterocycles. The van der Waals surface area contributed by atoms with Gasteiger partial charge in [-0.1, -0.05) is 31.5 Å². The molecule has 0 amide bonds. The Morgan fingerprint density at radius 2 is 1.84 bits per heavy atom. The zero-order chi connectivity index (χ0) is 13.7. The van der Waals surface area contributed by atoms with E-state index < -0.39 is 0 Å². The summed E-state index contributed by atoms with van der Waals surface area (Å²) in [6.07, 6.45) is 8.25. The van der Waals surface area contributed by atoms with Gasteiger partial charge in [-0.05, 0) is 38.8 Å². The molecule has 1 heterocycles. The van der Waals surface area contributed by atoms with Crippen molar-refractivity contribution in [2.45, 2.75) is 52.6 Å². The highest BCUT2D eigenvalue weighted by atomic mass is 15.2. The van der Waals surface area contributed by atoms with Crippen molar-refractivity contribution in [3.8, 4) is 11.4 Å². The standard InChI is InChI=1S/C17H25N2/c1-4-5-9-12-18-13-14-19(15(2)3)17(18)16-10-7-6-8-11-16/h6-8,10-11,13-15H,4-5,9,12H2,1-3H3/q+1. The minimum atomic E-state index is 0.489. The van der Waals surface area contributed by atoms with Crippen molar-refractivity contribution in [2.24, 2.45) is 0 Å². The van der Waals surface area contributed by atoms with Gasteiger partial charge in [-0.25, -0.2) is 9.13 Å². The molecular formula is C17H25N2+. The summed E-state index contributed by atoms with van der Waals surface area (Å²) in [5.41, 5.74) is 1.30. The third-order valence-corrected chi connectivity index (χ3v) is 3.51. The van der Waals surface area contributed by atoms with Crippen molar-refractivity contribution < 1.29 is 4.57 Å². The second kappa shape index (κ2) is 6.55. The number of nitrogens with zero attached hydrogens (tertiary/aromatic N) is 2. The van der Waals surface area contributed by atoms with Gasteiger partial charge in [0.1, 0.15) is 12.4 Å². The van der Waals surface area contributed by atoms with Crippen molar-refractivity contribution in [1.82, 2.24) is 4.57 Å². The monoisotopic (exact) mass is 257 g/mol. The van der Waals surface area contributed by atoms with Gasteiger partial charge in [-0.15, -0.1) is 0 Å². The van der Waals surface area contributed by atoms with Gasteiger partial charge >= 0.3 is 0 Å². The lowest BCUT2D eigenvalue weighted by Gasteiger charge is -2.07. The summed E-state index contributed by atoms with van der Waals surface area (Å²) in [6, 6.07) is 11.2. The molecule has 0 radical (unpaired) electrons. The van der Waals surface area contributed by atoms with E-state index in [1.165, 1.54) is 30.7 Å². The van der Waals surface area contributed by atoms with Gasteiger partial charge in [-0.2, -0.15) is 0 Å². The van der Waals surface area contributed by atoms with E-state index in [0.29, 0.717) is 6.04 Å². The number of unbranched alkanes of at least 4 members (excludes halogenated alkanes) is 2. The summed E-state index contributed by atoms with van der Waals surface area (Å²) in [5, 5.41) is 0. The lowest BCUT2D eigenvalue weighted by molar-refractivity contribution is -0.686.